The van der Waals surface area contributed by atoms with Gasteiger partial charge in [0.25, 0.3) is 0 Å². The first-order valence-corrected chi connectivity index (χ1v) is 5.34. The number of para-hydroxylation sites is 1. The van der Waals surface area contributed by atoms with Crippen molar-refractivity contribution in [3.63, 3.8) is 0 Å². The van der Waals surface area contributed by atoms with Crippen LogP contribution in [0.3, 0.4) is 0 Å². The summed E-state index contributed by atoms with van der Waals surface area (Å²) in [5.74, 6) is 0.0118. The molecular weight excluding hydrogens is 206 g/mol. The maximum Gasteiger partial charge on any atom is 0.320 e. The summed E-state index contributed by atoms with van der Waals surface area (Å²) in [5, 5.41) is 11.5. The smallest absolute Gasteiger partial charge is 0.320 e. The minimum Gasteiger partial charge on any atom is -0.494 e. The van der Waals surface area contributed by atoms with E-state index in [0.717, 1.165) is 12.2 Å². The van der Waals surface area contributed by atoms with E-state index in [1.165, 1.54) is 0 Å². The van der Waals surface area contributed by atoms with Crippen molar-refractivity contribution < 1.29 is 14.6 Å². The topological polar surface area (TPSA) is 58.6 Å². The number of benzene rings is 1. The fourth-order valence-electron chi connectivity index (χ4n) is 1.18. The van der Waals surface area contributed by atoms with Gasteiger partial charge in [-0.2, -0.15) is 0 Å². The second kappa shape index (κ2) is 6.85. The number of carboxylic acids is 1. The van der Waals surface area contributed by atoms with Crippen molar-refractivity contribution in [2.24, 2.45) is 0 Å². The van der Waals surface area contributed by atoms with E-state index in [1.807, 2.05) is 30.3 Å². The highest BCUT2D eigenvalue weighted by Crippen LogP contribution is 2.07. The van der Waals surface area contributed by atoms with E-state index in [9.17, 15) is 4.79 Å². The lowest BCUT2D eigenvalue weighted by molar-refractivity contribution is -0.139. The lowest BCUT2D eigenvalue weighted by Gasteiger charge is -2.09. The second-order valence-electron chi connectivity index (χ2n) is 3.53. The lowest BCUT2D eigenvalue weighted by atomic mass is 10.3. The standard InChI is InChI=1S/C12H17NO3/c1-10(12(14)15)13-8-5-9-16-11-6-3-2-4-7-11/h2-4,6-7,10,13H,5,8-9H2,1H3,(H,14,15)/t10-/m0/s1. The molecule has 0 radical (unpaired) electrons. The number of hydrogen-bond acceptors (Lipinski definition) is 3. The zero-order valence-corrected chi connectivity index (χ0v) is 9.35. The Kier molecular flexibility index (Phi) is 5.36. The van der Waals surface area contributed by atoms with Crippen LogP contribution in [-0.4, -0.2) is 30.3 Å². The van der Waals surface area contributed by atoms with E-state index >= 15 is 0 Å². The zero-order valence-electron chi connectivity index (χ0n) is 9.35. The van der Waals surface area contributed by atoms with Gasteiger partial charge in [0.2, 0.25) is 0 Å². The molecular formula is C12H17NO3. The largest absolute Gasteiger partial charge is 0.494 e. The van der Waals surface area contributed by atoms with Gasteiger partial charge in [-0.25, -0.2) is 0 Å². The Balaban J connectivity index is 2.07. The molecule has 0 aliphatic heterocycles. The molecule has 0 bridgehead atoms. The highest BCUT2D eigenvalue weighted by molar-refractivity contribution is 5.72. The van der Waals surface area contributed by atoms with Crippen molar-refractivity contribution >= 4 is 5.97 Å². The summed E-state index contributed by atoms with van der Waals surface area (Å²) in [6.07, 6.45) is 0.784. The van der Waals surface area contributed by atoms with Crippen LogP contribution in [0.5, 0.6) is 5.75 Å². The third kappa shape index (κ3) is 4.79. The molecule has 0 fully saturated rings. The predicted molar refractivity (Wildman–Crippen MR) is 61.7 cm³/mol. The van der Waals surface area contributed by atoms with Crippen molar-refractivity contribution in [1.82, 2.24) is 5.32 Å². The SMILES string of the molecule is C[C@H](NCCCOc1ccccc1)C(=O)O. The molecule has 2 N–H and O–H groups in total. The first-order valence-electron chi connectivity index (χ1n) is 5.34. The number of rotatable bonds is 7. The summed E-state index contributed by atoms with van der Waals surface area (Å²) in [6.45, 7) is 2.85. The van der Waals surface area contributed by atoms with Crippen LogP contribution in [0.15, 0.2) is 30.3 Å². The van der Waals surface area contributed by atoms with E-state index < -0.39 is 12.0 Å². The summed E-state index contributed by atoms with van der Waals surface area (Å²) < 4.78 is 5.46. The molecule has 0 aliphatic rings. The molecule has 1 aromatic carbocycles. The molecule has 16 heavy (non-hydrogen) atoms. The fraction of sp³-hybridized carbons (Fsp3) is 0.417. The molecule has 1 rings (SSSR count). The summed E-state index contributed by atoms with van der Waals surface area (Å²) in [6, 6.07) is 9.06. The number of carboxylic acid groups (broad SMARTS) is 1. The van der Waals surface area contributed by atoms with Crippen LogP contribution in [0, 0.1) is 0 Å². The van der Waals surface area contributed by atoms with Crippen LogP contribution in [-0.2, 0) is 4.79 Å². The highest BCUT2D eigenvalue weighted by Gasteiger charge is 2.08. The molecule has 0 heterocycles. The van der Waals surface area contributed by atoms with E-state index in [2.05, 4.69) is 5.32 Å². The van der Waals surface area contributed by atoms with Gasteiger partial charge in [0.15, 0.2) is 0 Å². The summed E-state index contributed by atoms with van der Waals surface area (Å²) in [4.78, 5) is 10.5. The highest BCUT2D eigenvalue weighted by atomic mass is 16.5. The van der Waals surface area contributed by atoms with Crippen molar-refractivity contribution in [2.75, 3.05) is 13.2 Å². The van der Waals surface area contributed by atoms with Crippen molar-refractivity contribution in [2.45, 2.75) is 19.4 Å². The maximum atomic E-state index is 10.5. The van der Waals surface area contributed by atoms with Gasteiger partial charge in [-0.1, -0.05) is 18.2 Å². The zero-order chi connectivity index (χ0) is 11.8. The number of nitrogens with one attached hydrogen (secondary N) is 1. The van der Waals surface area contributed by atoms with Crippen LogP contribution in [0.25, 0.3) is 0 Å². The molecule has 0 saturated carbocycles. The monoisotopic (exact) mass is 223 g/mol. The Morgan fingerprint density at radius 3 is 2.75 bits per heavy atom. The Bertz CT molecular complexity index is 313. The molecule has 4 nitrogen and oxygen atoms in total. The average Bonchev–Trinajstić information content (AvgIpc) is 2.29. The minimum absolute atomic E-state index is 0.503. The Hall–Kier alpha value is -1.55. The quantitative estimate of drug-likeness (QED) is 0.688. The lowest BCUT2D eigenvalue weighted by Crippen LogP contribution is -2.34. The maximum absolute atomic E-state index is 10.5. The summed E-state index contributed by atoms with van der Waals surface area (Å²) >= 11 is 0. The van der Waals surface area contributed by atoms with Gasteiger partial charge in [-0.05, 0) is 32.0 Å². The van der Waals surface area contributed by atoms with E-state index in [0.29, 0.717) is 13.2 Å². The van der Waals surface area contributed by atoms with Gasteiger partial charge >= 0.3 is 5.97 Å². The molecule has 0 unspecified atom stereocenters. The van der Waals surface area contributed by atoms with Gasteiger partial charge in [0.1, 0.15) is 11.8 Å². The summed E-state index contributed by atoms with van der Waals surface area (Å²) in [7, 11) is 0. The number of carbonyl (C=O) groups is 1. The van der Waals surface area contributed by atoms with E-state index in [1.54, 1.807) is 6.92 Å². The van der Waals surface area contributed by atoms with E-state index in [4.69, 9.17) is 9.84 Å². The van der Waals surface area contributed by atoms with Gasteiger partial charge in [0, 0.05) is 0 Å². The molecule has 0 amide bonds. The molecule has 0 spiro atoms. The van der Waals surface area contributed by atoms with Gasteiger partial charge in [-0.3, -0.25) is 4.79 Å². The average molecular weight is 223 g/mol. The Morgan fingerprint density at radius 2 is 2.12 bits per heavy atom. The van der Waals surface area contributed by atoms with Gasteiger partial charge in [-0.15, -0.1) is 0 Å². The van der Waals surface area contributed by atoms with Crippen LogP contribution in [0.1, 0.15) is 13.3 Å². The van der Waals surface area contributed by atoms with E-state index in [-0.39, 0.29) is 0 Å². The second-order valence-corrected chi connectivity index (χ2v) is 3.53. The fourth-order valence-corrected chi connectivity index (χ4v) is 1.18. The predicted octanol–water partition coefficient (Wildman–Crippen LogP) is 1.52. The number of ether oxygens (including phenoxy) is 1. The van der Waals surface area contributed by atoms with Crippen LogP contribution in [0.2, 0.25) is 0 Å². The molecule has 0 aromatic heterocycles. The van der Waals surface area contributed by atoms with Crippen molar-refractivity contribution in [3.05, 3.63) is 30.3 Å². The third-order valence-electron chi connectivity index (χ3n) is 2.15. The first-order chi connectivity index (χ1) is 7.70. The molecule has 1 atom stereocenters. The minimum atomic E-state index is -0.830. The molecule has 88 valence electrons. The Labute approximate surface area is 95.2 Å². The summed E-state index contributed by atoms with van der Waals surface area (Å²) in [5.41, 5.74) is 0. The number of aliphatic carboxylic acids is 1. The molecule has 1 aromatic rings. The van der Waals surface area contributed by atoms with Crippen molar-refractivity contribution in [1.29, 1.82) is 0 Å². The molecule has 0 aliphatic carbocycles. The van der Waals surface area contributed by atoms with Crippen LogP contribution >= 0.6 is 0 Å². The third-order valence-corrected chi connectivity index (χ3v) is 2.15. The van der Waals surface area contributed by atoms with Gasteiger partial charge in [0.05, 0.1) is 6.61 Å². The normalized spacial score (nSPS) is 12.1. The van der Waals surface area contributed by atoms with Crippen LogP contribution < -0.4 is 10.1 Å². The number of hydrogen-bond donors (Lipinski definition) is 2. The first kappa shape index (κ1) is 12.5. The van der Waals surface area contributed by atoms with Crippen molar-refractivity contribution in [3.8, 4) is 5.75 Å². The molecule has 4 heteroatoms. The Morgan fingerprint density at radius 1 is 1.44 bits per heavy atom. The van der Waals surface area contributed by atoms with Gasteiger partial charge < -0.3 is 15.2 Å². The molecule has 0 saturated heterocycles. The van der Waals surface area contributed by atoms with Crippen LogP contribution in [0.4, 0.5) is 0 Å².